The highest BCUT2D eigenvalue weighted by molar-refractivity contribution is 6.01. The van der Waals surface area contributed by atoms with Crippen LogP contribution in [0.5, 0.6) is 5.75 Å². The molecule has 4 aromatic rings. The normalized spacial score (nSPS) is 16.2. The minimum atomic E-state index is -0.560. The number of aromatic nitrogens is 2. The maximum atomic E-state index is 13.5. The molecule has 6 nitrogen and oxygen atoms in total. The lowest BCUT2D eigenvalue weighted by atomic mass is 9.69. The van der Waals surface area contributed by atoms with Gasteiger partial charge in [0, 0.05) is 17.7 Å². The first kappa shape index (κ1) is 26.6. The number of nitrogens with zero attached hydrogens (tertiary/aromatic N) is 2. The van der Waals surface area contributed by atoms with Gasteiger partial charge in [0.05, 0.1) is 24.1 Å². The van der Waals surface area contributed by atoms with Crippen LogP contribution in [0.25, 0.3) is 23.3 Å². The van der Waals surface area contributed by atoms with E-state index in [9.17, 15) is 14.0 Å². The van der Waals surface area contributed by atoms with Crippen molar-refractivity contribution in [1.29, 1.82) is 0 Å². The molecule has 1 atom stereocenters. The van der Waals surface area contributed by atoms with Crippen LogP contribution in [-0.4, -0.2) is 21.8 Å². The summed E-state index contributed by atoms with van der Waals surface area (Å²) in [4.78, 5) is 34.2. The molecular weight excluding hydrogens is 517 g/mol. The maximum absolute atomic E-state index is 13.5. The third kappa shape index (κ3) is 5.27. The lowest BCUT2D eigenvalue weighted by Gasteiger charge is -2.34. The molecule has 0 saturated carbocycles. The largest absolute Gasteiger partial charge is 0.412 e. The fourth-order valence-electron chi connectivity index (χ4n) is 5.87. The zero-order chi connectivity index (χ0) is 28.7. The molecule has 0 aliphatic heterocycles. The summed E-state index contributed by atoms with van der Waals surface area (Å²) in [6.07, 6.45) is 8.35. The van der Waals surface area contributed by atoms with Crippen molar-refractivity contribution in [2.24, 2.45) is 5.92 Å². The molecule has 1 heterocycles. The first-order valence-electron chi connectivity index (χ1n) is 13.7. The number of carbonyl (C=O) groups is 2. The number of amides is 1. The summed E-state index contributed by atoms with van der Waals surface area (Å²) in [6.45, 7) is 6.42. The molecule has 7 heteroatoms. The van der Waals surface area contributed by atoms with Gasteiger partial charge in [-0.05, 0) is 94.3 Å². The number of aryl methyl sites for hydroxylation is 1. The van der Waals surface area contributed by atoms with Crippen LogP contribution in [0.1, 0.15) is 53.1 Å². The Morgan fingerprint density at radius 3 is 2.54 bits per heavy atom. The molecule has 2 aliphatic rings. The van der Waals surface area contributed by atoms with E-state index in [0.29, 0.717) is 29.8 Å². The Labute approximate surface area is 237 Å². The van der Waals surface area contributed by atoms with Gasteiger partial charge in [0.1, 0.15) is 11.6 Å². The summed E-state index contributed by atoms with van der Waals surface area (Å²) in [6, 6.07) is 15.8. The molecule has 41 heavy (non-hydrogen) atoms. The van der Waals surface area contributed by atoms with Crippen LogP contribution in [0, 0.1) is 18.7 Å². The van der Waals surface area contributed by atoms with Gasteiger partial charge >= 0.3 is 6.09 Å². The van der Waals surface area contributed by atoms with Crippen molar-refractivity contribution in [3.05, 3.63) is 111 Å². The lowest BCUT2D eigenvalue weighted by molar-refractivity contribution is 0.0933. The Morgan fingerprint density at radius 2 is 1.78 bits per heavy atom. The number of rotatable bonds is 5. The van der Waals surface area contributed by atoms with Gasteiger partial charge in [-0.2, -0.15) is 0 Å². The molecule has 0 spiro atoms. The minimum absolute atomic E-state index is 0.00651. The second kappa shape index (κ2) is 10.4. The molecule has 0 fully saturated rings. The van der Waals surface area contributed by atoms with E-state index in [1.54, 1.807) is 30.6 Å². The minimum Gasteiger partial charge on any atom is -0.410 e. The number of nitrogens with one attached hydrogen (secondary N) is 1. The molecule has 0 bridgehead atoms. The van der Waals surface area contributed by atoms with Gasteiger partial charge in [-0.25, -0.2) is 9.18 Å². The van der Waals surface area contributed by atoms with Crippen molar-refractivity contribution in [2.45, 2.75) is 45.6 Å². The Bertz CT molecular complexity index is 1800. The third-order valence-corrected chi connectivity index (χ3v) is 7.93. The Hall–Kier alpha value is -4.65. The number of fused-ring (bicyclic) bond motifs is 5. The van der Waals surface area contributed by atoms with E-state index in [2.05, 4.69) is 53.4 Å². The highest BCUT2D eigenvalue weighted by Crippen LogP contribution is 2.35. The number of hydrogen-bond donors (Lipinski definition) is 1. The van der Waals surface area contributed by atoms with E-state index in [1.807, 2.05) is 19.1 Å². The molecular formula is C34H30FN3O3. The molecule has 3 aromatic carbocycles. The molecule has 1 unspecified atom stereocenters. The Balaban J connectivity index is 1.27. The summed E-state index contributed by atoms with van der Waals surface area (Å²) in [5.74, 6) is -0.186. The SMILES string of the molecule is Cc1cnc(CNC(=O)Oc2ccc3c(c2)CC=c2c-3ccc3c2=CC(C(=O)c2ccc(F)cc2)CC3(C)C)cn1. The highest BCUT2D eigenvalue weighted by atomic mass is 19.1. The molecule has 0 radical (unpaired) electrons. The second-order valence-corrected chi connectivity index (χ2v) is 11.3. The number of halogens is 1. The van der Waals surface area contributed by atoms with Crippen LogP contribution in [0.15, 0.2) is 67.0 Å². The summed E-state index contributed by atoms with van der Waals surface area (Å²) >= 11 is 0. The summed E-state index contributed by atoms with van der Waals surface area (Å²) in [5.41, 5.74) is 6.21. The molecule has 206 valence electrons. The van der Waals surface area contributed by atoms with Gasteiger partial charge in [0.25, 0.3) is 0 Å². The number of ketones is 1. The average Bonchev–Trinajstić information content (AvgIpc) is 2.96. The highest BCUT2D eigenvalue weighted by Gasteiger charge is 2.34. The van der Waals surface area contributed by atoms with Crippen LogP contribution in [0.3, 0.4) is 0 Å². The van der Waals surface area contributed by atoms with Gasteiger partial charge in [0.2, 0.25) is 0 Å². The molecule has 0 saturated heterocycles. The van der Waals surface area contributed by atoms with Crippen LogP contribution in [-0.2, 0) is 18.4 Å². The first-order valence-corrected chi connectivity index (χ1v) is 13.7. The number of benzene rings is 3. The lowest BCUT2D eigenvalue weighted by Crippen LogP contribution is -2.43. The van der Waals surface area contributed by atoms with Crippen molar-refractivity contribution in [3.8, 4) is 16.9 Å². The van der Waals surface area contributed by atoms with Gasteiger partial charge < -0.3 is 10.1 Å². The molecule has 1 aromatic heterocycles. The maximum Gasteiger partial charge on any atom is 0.412 e. The number of ether oxygens (including phenoxy) is 1. The fourth-order valence-corrected chi connectivity index (χ4v) is 5.87. The molecule has 1 amide bonds. The van der Waals surface area contributed by atoms with Gasteiger partial charge in [-0.1, -0.05) is 44.2 Å². The van der Waals surface area contributed by atoms with Crippen LogP contribution in [0.4, 0.5) is 9.18 Å². The van der Waals surface area contributed by atoms with Gasteiger partial charge in [-0.3, -0.25) is 14.8 Å². The van der Waals surface area contributed by atoms with E-state index in [-0.39, 0.29) is 29.5 Å². The van der Waals surface area contributed by atoms with Crippen LogP contribution < -0.4 is 20.5 Å². The predicted molar refractivity (Wildman–Crippen MR) is 155 cm³/mol. The van der Waals surface area contributed by atoms with E-state index >= 15 is 0 Å². The third-order valence-electron chi connectivity index (χ3n) is 7.93. The Kier molecular flexibility index (Phi) is 6.73. The first-order chi connectivity index (χ1) is 19.7. The fraction of sp³-hybridized carbons (Fsp3) is 0.235. The summed E-state index contributed by atoms with van der Waals surface area (Å²) in [7, 11) is 0. The standard InChI is InChI=1S/C34H30FN3O3/c1-20-17-37-25(18-36-20)19-38-33(40)41-26-9-11-27-22(14-26)6-10-29-28(27)12-13-31-30(29)15-23(16-34(31,2)3)32(39)21-4-7-24(35)8-5-21/h4-5,7-15,17-18,23H,6,16,19H2,1-3H3,(H,38,40). The number of Topliss-reactive ketones (excluding diaryl/α,β-unsaturated/α-hetero) is 1. The molecule has 1 N–H and O–H groups in total. The van der Waals surface area contributed by atoms with Crippen LogP contribution in [0.2, 0.25) is 0 Å². The van der Waals surface area contributed by atoms with E-state index < -0.39 is 6.09 Å². The average molecular weight is 548 g/mol. The van der Waals surface area contributed by atoms with Crippen molar-refractivity contribution < 1.29 is 18.7 Å². The van der Waals surface area contributed by atoms with Gasteiger partial charge in [0.15, 0.2) is 5.78 Å². The number of carbonyl (C=O) groups excluding carboxylic acids is 2. The van der Waals surface area contributed by atoms with Gasteiger partial charge in [-0.15, -0.1) is 0 Å². The summed E-state index contributed by atoms with van der Waals surface area (Å²) in [5, 5.41) is 4.91. The second-order valence-electron chi connectivity index (χ2n) is 11.3. The van der Waals surface area contributed by atoms with Crippen molar-refractivity contribution in [1.82, 2.24) is 15.3 Å². The van der Waals surface area contributed by atoms with E-state index in [1.165, 1.54) is 17.7 Å². The smallest absolute Gasteiger partial charge is 0.410 e. The topological polar surface area (TPSA) is 81.2 Å². The van der Waals surface area contributed by atoms with E-state index in [4.69, 9.17) is 4.74 Å². The zero-order valence-electron chi connectivity index (χ0n) is 23.2. The van der Waals surface area contributed by atoms with Crippen molar-refractivity contribution >= 4 is 24.0 Å². The summed E-state index contributed by atoms with van der Waals surface area (Å²) < 4.78 is 19.0. The van der Waals surface area contributed by atoms with E-state index in [0.717, 1.165) is 32.8 Å². The van der Waals surface area contributed by atoms with Crippen molar-refractivity contribution in [3.63, 3.8) is 0 Å². The predicted octanol–water partition coefficient (Wildman–Crippen LogP) is 5.18. The number of hydrogen-bond acceptors (Lipinski definition) is 5. The molecule has 6 rings (SSSR count). The Morgan fingerprint density at radius 1 is 1.00 bits per heavy atom. The van der Waals surface area contributed by atoms with Crippen LogP contribution >= 0.6 is 0 Å². The quantitative estimate of drug-likeness (QED) is 0.349. The molecule has 2 aliphatic carbocycles. The monoisotopic (exact) mass is 547 g/mol. The zero-order valence-corrected chi connectivity index (χ0v) is 23.2. The van der Waals surface area contributed by atoms with Crippen molar-refractivity contribution in [2.75, 3.05) is 0 Å².